The number of nitrogens with zero attached hydrogens (tertiary/aromatic N) is 6. The van der Waals surface area contributed by atoms with Crippen molar-refractivity contribution in [3.05, 3.63) is 47.4 Å². The Bertz CT molecular complexity index is 954. The molecule has 0 aromatic carbocycles. The van der Waals surface area contributed by atoms with Gasteiger partial charge in [0.1, 0.15) is 5.69 Å². The van der Waals surface area contributed by atoms with Crippen molar-refractivity contribution in [1.82, 2.24) is 39.9 Å². The minimum atomic E-state index is -0.363. The second-order valence-electron chi connectivity index (χ2n) is 4.26. The highest BCUT2D eigenvalue weighted by Gasteiger charge is 2.15. The molecule has 4 aromatic rings. The van der Waals surface area contributed by atoms with Crippen molar-refractivity contribution in [3.63, 3.8) is 0 Å². The molecule has 0 saturated heterocycles. The summed E-state index contributed by atoms with van der Waals surface area (Å²) in [4.78, 5) is 29.5. The Morgan fingerprint density at radius 3 is 2.67 bits per heavy atom. The first-order chi connectivity index (χ1) is 10.3. The second kappa shape index (κ2) is 4.34. The van der Waals surface area contributed by atoms with Crippen LogP contribution < -0.4 is 5.69 Å². The Morgan fingerprint density at radius 2 is 1.95 bits per heavy atom. The maximum Gasteiger partial charge on any atom is 0.326 e. The zero-order valence-electron chi connectivity index (χ0n) is 10.6. The van der Waals surface area contributed by atoms with Gasteiger partial charge < -0.3 is 0 Å². The van der Waals surface area contributed by atoms with Gasteiger partial charge in [-0.15, -0.1) is 5.10 Å². The summed E-state index contributed by atoms with van der Waals surface area (Å²) in [6, 6.07) is 3.65. The summed E-state index contributed by atoms with van der Waals surface area (Å²) in [7, 11) is 0. The van der Waals surface area contributed by atoms with Crippen LogP contribution in [0, 0.1) is 0 Å². The molecule has 0 fully saturated rings. The number of H-pyrrole nitrogens is 2. The number of aromatic amines is 2. The van der Waals surface area contributed by atoms with E-state index in [-0.39, 0.29) is 5.69 Å². The van der Waals surface area contributed by atoms with Crippen LogP contribution in [0.4, 0.5) is 0 Å². The lowest BCUT2D eigenvalue weighted by molar-refractivity contribution is 0.782. The van der Waals surface area contributed by atoms with E-state index in [0.29, 0.717) is 22.8 Å². The molecule has 0 radical (unpaired) electrons. The van der Waals surface area contributed by atoms with Crippen LogP contribution in [-0.2, 0) is 0 Å². The Kier molecular flexibility index (Phi) is 2.37. The van der Waals surface area contributed by atoms with Crippen LogP contribution in [0.15, 0.2) is 41.7 Å². The Morgan fingerprint density at radius 1 is 1.10 bits per heavy atom. The van der Waals surface area contributed by atoms with E-state index in [4.69, 9.17) is 0 Å². The molecule has 9 heteroatoms. The van der Waals surface area contributed by atoms with Gasteiger partial charge in [-0.2, -0.15) is 0 Å². The van der Waals surface area contributed by atoms with Gasteiger partial charge in [0.25, 0.3) is 0 Å². The maximum absolute atomic E-state index is 11.4. The average Bonchev–Trinajstić information content (AvgIpc) is 3.14. The molecule has 21 heavy (non-hydrogen) atoms. The fraction of sp³-hybridized carbons (Fsp3) is 0. The molecule has 0 aliphatic rings. The molecule has 9 nitrogen and oxygen atoms in total. The Balaban J connectivity index is 2.07. The monoisotopic (exact) mass is 280 g/mol. The van der Waals surface area contributed by atoms with E-state index in [0.717, 1.165) is 5.56 Å². The molecule has 0 aliphatic heterocycles. The standard InChI is InChI=1S/C12H8N8O/c21-12-17-9-10(18-12)16-11(20-5-4-14-19-20)8(15-9)7-2-1-3-13-6-7/h1-6H,(H2,15,16,17,18,21). The van der Waals surface area contributed by atoms with Crippen molar-refractivity contribution >= 4 is 11.3 Å². The van der Waals surface area contributed by atoms with Crippen molar-refractivity contribution in [2.45, 2.75) is 0 Å². The van der Waals surface area contributed by atoms with Gasteiger partial charge in [0.15, 0.2) is 17.1 Å². The van der Waals surface area contributed by atoms with Crippen LogP contribution in [0.1, 0.15) is 0 Å². The number of hydrogen-bond acceptors (Lipinski definition) is 6. The third kappa shape index (κ3) is 1.87. The van der Waals surface area contributed by atoms with Gasteiger partial charge in [-0.3, -0.25) is 15.0 Å². The molecule has 0 atom stereocenters. The first-order valence-electron chi connectivity index (χ1n) is 6.08. The zero-order valence-corrected chi connectivity index (χ0v) is 10.6. The van der Waals surface area contributed by atoms with Gasteiger partial charge in [-0.25, -0.2) is 19.4 Å². The molecule has 0 unspecified atom stereocenters. The first-order valence-corrected chi connectivity index (χ1v) is 6.08. The Hall–Kier alpha value is -3.36. The van der Waals surface area contributed by atoms with Gasteiger partial charge in [0.2, 0.25) is 0 Å². The lowest BCUT2D eigenvalue weighted by Gasteiger charge is -2.06. The van der Waals surface area contributed by atoms with E-state index < -0.39 is 0 Å². The van der Waals surface area contributed by atoms with Gasteiger partial charge >= 0.3 is 5.69 Å². The van der Waals surface area contributed by atoms with Crippen molar-refractivity contribution in [3.8, 4) is 17.1 Å². The van der Waals surface area contributed by atoms with E-state index in [2.05, 4.69) is 35.2 Å². The third-order valence-corrected chi connectivity index (χ3v) is 2.92. The predicted octanol–water partition coefficient (Wildman–Crippen LogP) is 0.289. The fourth-order valence-corrected chi connectivity index (χ4v) is 2.02. The molecule has 4 rings (SSSR count). The number of nitrogens with one attached hydrogen (secondary N) is 2. The van der Waals surface area contributed by atoms with Gasteiger partial charge in [-0.05, 0) is 12.1 Å². The van der Waals surface area contributed by atoms with E-state index >= 15 is 0 Å². The highest BCUT2D eigenvalue weighted by Crippen LogP contribution is 2.23. The Labute approximate surface area is 116 Å². The number of rotatable bonds is 2. The highest BCUT2D eigenvalue weighted by atomic mass is 16.1. The largest absolute Gasteiger partial charge is 0.326 e. The summed E-state index contributed by atoms with van der Waals surface area (Å²) in [5, 5.41) is 7.70. The number of hydrogen-bond donors (Lipinski definition) is 2. The molecule has 2 N–H and O–H groups in total. The first kappa shape index (κ1) is 11.5. The van der Waals surface area contributed by atoms with Crippen LogP contribution >= 0.6 is 0 Å². The second-order valence-corrected chi connectivity index (χ2v) is 4.26. The van der Waals surface area contributed by atoms with Crippen molar-refractivity contribution in [2.24, 2.45) is 0 Å². The quantitative estimate of drug-likeness (QED) is 0.544. The summed E-state index contributed by atoms with van der Waals surface area (Å²) in [5.41, 5.74) is 1.69. The molecular weight excluding hydrogens is 272 g/mol. The number of fused-ring (bicyclic) bond motifs is 1. The predicted molar refractivity (Wildman–Crippen MR) is 72.7 cm³/mol. The number of imidazole rings is 1. The fourth-order valence-electron chi connectivity index (χ4n) is 2.02. The molecule has 0 spiro atoms. The molecule has 0 aliphatic carbocycles. The molecule has 4 heterocycles. The molecule has 0 saturated carbocycles. The summed E-state index contributed by atoms with van der Waals surface area (Å²) in [6.45, 7) is 0. The summed E-state index contributed by atoms with van der Waals surface area (Å²) < 4.78 is 1.49. The number of pyridine rings is 1. The topological polar surface area (TPSA) is 118 Å². The molecule has 0 amide bonds. The number of aromatic nitrogens is 8. The SMILES string of the molecule is O=c1[nH]c2nc(-c3cccnc3)c(-n3ccnn3)nc2[nH]1. The van der Waals surface area contributed by atoms with Gasteiger partial charge in [0, 0.05) is 18.0 Å². The molecule has 102 valence electrons. The molecular formula is C12H8N8O. The smallest absolute Gasteiger partial charge is 0.289 e. The van der Waals surface area contributed by atoms with Crippen LogP contribution in [0.2, 0.25) is 0 Å². The van der Waals surface area contributed by atoms with E-state index in [1.165, 1.54) is 4.68 Å². The van der Waals surface area contributed by atoms with Crippen LogP contribution in [0.5, 0.6) is 0 Å². The minimum Gasteiger partial charge on any atom is -0.289 e. The molecule has 4 aromatic heterocycles. The van der Waals surface area contributed by atoms with Crippen molar-refractivity contribution in [2.75, 3.05) is 0 Å². The third-order valence-electron chi connectivity index (χ3n) is 2.92. The lowest BCUT2D eigenvalue weighted by Crippen LogP contribution is -2.04. The lowest BCUT2D eigenvalue weighted by atomic mass is 10.2. The van der Waals surface area contributed by atoms with Crippen molar-refractivity contribution in [1.29, 1.82) is 0 Å². The van der Waals surface area contributed by atoms with Crippen LogP contribution in [0.25, 0.3) is 28.4 Å². The van der Waals surface area contributed by atoms with E-state index in [9.17, 15) is 4.79 Å². The van der Waals surface area contributed by atoms with Crippen molar-refractivity contribution < 1.29 is 0 Å². The summed E-state index contributed by atoms with van der Waals surface area (Å²) in [6.07, 6.45) is 6.53. The van der Waals surface area contributed by atoms with Gasteiger partial charge in [0.05, 0.1) is 12.4 Å². The normalized spacial score (nSPS) is 11.0. The highest BCUT2D eigenvalue weighted by molar-refractivity contribution is 5.75. The minimum absolute atomic E-state index is 0.359. The van der Waals surface area contributed by atoms with Crippen LogP contribution in [0.3, 0.4) is 0 Å². The maximum atomic E-state index is 11.4. The van der Waals surface area contributed by atoms with E-state index in [1.54, 1.807) is 30.9 Å². The van der Waals surface area contributed by atoms with E-state index in [1.807, 2.05) is 6.07 Å². The zero-order chi connectivity index (χ0) is 14.2. The van der Waals surface area contributed by atoms with Crippen LogP contribution in [-0.4, -0.2) is 39.9 Å². The van der Waals surface area contributed by atoms with Gasteiger partial charge in [-0.1, -0.05) is 5.21 Å². The summed E-state index contributed by atoms with van der Waals surface area (Å²) in [5.74, 6) is 0.461. The molecule has 0 bridgehead atoms. The average molecular weight is 280 g/mol. The summed E-state index contributed by atoms with van der Waals surface area (Å²) >= 11 is 0.